The molecule has 1 aromatic carbocycles. The number of pyridine rings is 3. The number of nitrogen functional groups attached to an aromatic ring is 1. The fourth-order valence-electron chi connectivity index (χ4n) is 6.21. The summed E-state index contributed by atoms with van der Waals surface area (Å²) < 4.78 is 46.3. The number of halogens is 1. The predicted octanol–water partition coefficient (Wildman–Crippen LogP) is 5.57. The van der Waals surface area contributed by atoms with Crippen LogP contribution in [0.1, 0.15) is 18.4 Å². The molecule has 0 amide bonds. The maximum Gasteiger partial charge on any atom is 0.217 e. The van der Waals surface area contributed by atoms with E-state index in [1.807, 2.05) is 41.8 Å². The van der Waals surface area contributed by atoms with E-state index in [9.17, 15) is 4.79 Å². The fourth-order valence-corrected chi connectivity index (χ4v) is 6.21. The second-order valence-electron chi connectivity index (χ2n) is 12.8. The molecular weight excluding hydrogens is 669 g/mol. The van der Waals surface area contributed by atoms with Crippen LogP contribution in [0.3, 0.4) is 0 Å². The second-order valence-corrected chi connectivity index (χ2v) is 12.8. The highest BCUT2D eigenvalue weighted by Crippen LogP contribution is 2.35. The topological polar surface area (TPSA) is 149 Å². The molecule has 13 nitrogen and oxygen atoms in total. The van der Waals surface area contributed by atoms with Crippen molar-refractivity contribution in [2.24, 2.45) is 5.92 Å². The molecule has 2 aliphatic rings. The van der Waals surface area contributed by atoms with Crippen LogP contribution in [-0.4, -0.2) is 77.6 Å². The second kappa shape index (κ2) is 15.8. The van der Waals surface area contributed by atoms with Crippen LogP contribution in [0.25, 0.3) is 33.6 Å². The summed E-state index contributed by atoms with van der Waals surface area (Å²) in [6, 6.07) is 14.0. The van der Waals surface area contributed by atoms with E-state index in [1.165, 1.54) is 12.3 Å². The Bertz CT molecular complexity index is 2050. The van der Waals surface area contributed by atoms with Gasteiger partial charge in [-0.3, -0.25) is 9.78 Å². The van der Waals surface area contributed by atoms with Crippen molar-refractivity contribution in [3.05, 3.63) is 89.1 Å². The average Bonchev–Trinajstić information content (AvgIpc) is 3.19. The minimum atomic E-state index is -0.516. The normalized spacial score (nSPS) is 16.4. The molecule has 2 N–H and O–H groups in total. The van der Waals surface area contributed by atoms with Crippen molar-refractivity contribution >= 4 is 17.3 Å². The first-order valence-corrected chi connectivity index (χ1v) is 17.2. The van der Waals surface area contributed by atoms with Gasteiger partial charge in [-0.25, -0.2) is 4.98 Å². The Morgan fingerprint density at radius 1 is 0.904 bits per heavy atom. The van der Waals surface area contributed by atoms with E-state index in [-0.39, 0.29) is 34.1 Å². The van der Waals surface area contributed by atoms with E-state index in [0.717, 1.165) is 29.5 Å². The molecule has 52 heavy (non-hydrogen) atoms. The van der Waals surface area contributed by atoms with Crippen LogP contribution in [0, 0.1) is 12.8 Å². The van der Waals surface area contributed by atoms with E-state index < -0.39 is 5.43 Å². The highest BCUT2D eigenvalue weighted by Gasteiger charge is 2.22. The van der Waals surface area contributed by atoms with E-state index >= 15 is 4.48 Å². The van der Waals surface area contributed by atoms with E-state index in [0.29, 0.717) is 80.6 Å². The molecule has 0 bridgehead atoms. The molecule has 270 valence electrons. The summed E-state index contributed by atoms with van der Waals surface area (Å²) >= 11 is 0. The molecule has 0 spiro atoms. The molecule has 2 fully saturated rings. The van der Waals surface area contributed by atoms with Crippen LogP contribution in [0.2, 0.25) is 0 Å². The van der Waals surface area contributed by atoms with Crippen LogP contribution < -0.4 is 25.8 Å². The smallest absolute Gasteiger partial charge is 0.217 e. The Kier molecular flexibility index (Phi) is 10.7. The van der Waals surface area contributed by atoms with Crippen molar-refractivity contribution in [1.82, 2.24) is 24.7 Å². The standard InChI is InChI=1S/C38H40FN7O6/c1-24-3-5-31(41-17-24)30-20-45(19-25-9-11-49-12-10-25)21-33(37(30)47)46(39)36-8-6-32(43-44-36)29-15-27(18-42-38(29)40)26-4-7-34(35(16-26)48-2)52-23-28-22-50-13-14-51-28/h3-8,15-18,20-21,25,28H,9-14,19,22-23H2,1-2H3,(H2,40,42)/t28-/m1/s1. The van der Waals surface area contributed by atoms with Crippen molar-refractivity contribution in [3.63, 3.8) is 0 Å². The molecule has 0 radical (unpaired) electrons. The van der Waals surface area contributed by atoms with Gasteiger partial charge in [-0.1, -0.05) is 16.6 Å². The molecule has 1 atom stereocenters. The molecule has 2 saturated heterocycles. The number of hydrogen-bond donors (Lipinski definition) is 1. The lowest BCUT2D eigenvalue weighted by atomic mass is 10.00. The number of nitrogens with two attached hydrogens (primary N) is 1. The Morgan fingerprint density at radius 2 is 1.75 bits per heavy atom. The Morgan fingerprint density at radius 3 is 2.48 bits per heavy atom. The van der Waals surface area contributed by atoms with Gasteiger partial charge < -0.3 is 34.0 Å². The summed E-state index contributed by atoms with van der Waals surface area (Å²) in [5.41, 5.74) is 9.69. The summed E-state index contributed by atoms with van der Waals surface area (Å²) in [6.45, 7) is 5.78. The molecule has 2 aliphatic heterocycles. The average molecular weight is 710 g/mol. The number of hydrogen-bond acceptors (Lipinski definition) is 12. The number of aromatic nitrogens is 5. The van der Waals surface area contributed by atoms with Gasteiger partial charge in [-0.05, 0) is 73.2 Å². The Labute approximate surface area is 300 Å². The maximum atomic E-state index is 16.2. The molecular formula is C38H40FN7O6. The lowest BCUT2D eigenvalue weighted by molar-refractivity contribution is -0.101. The number of anilines is 3. The molecule has 6 heterocycles. The zero-order valence-electron chi connectivity index (χ0n) is 29.0. The summed E-state index contributed by atoms with van der Waals surface area (Å²) in [5.74, 6) is 1.49. The third kappa shape index (κ3) is 7.88. The molecule has 0 unspecified atom stereocenters. The van der Waals surface area contributed by atoms with E-state index in [2.05, 4.69) is 20.2 Å². The van der Waals surface area contributed by atoms with Gasteiger partial charge in [-0.2, -0.15) is 5.12 Å². The van der Waals surface area contributed by atoms with Gasteiger partial charge in [0.2, 0.25) is 5.43 Å². The first-order chi connectivity index (χ1) is 25.4. The zero-order chi connectivity index (χ0) is 36.0. The van der Waals surface area contributed by atoms with Crippen LogP contribution in [0.5, 0.6) is 11.5 Å². The minimum Gasteiger partial charge on any atom is -0.493 e. The highest BCUT2D eigenvalue weighted by molar-refractivity contribution is 5.78. The lowest BCUT2D eigenvalue weighted by Crippen LogP contribution is -2.33. The maximum absolute atomic E-state index is 16.2. The number of methoxy groups -OCH3 is 1. The quantitative estimate of drug-likeness (QED) is 0.171. The van der Waals surface area contributed by atoms with Crippen molar-refractivity contribution in [1.29, 1.82) is 0 Å². The van der Waals surface area contributed by atoms with Gasteiger partial charge in [0.1, 0.15) is 24.2 Å². The van der Waals surface area contributed by atoms with Crippen LogP contribution in [-0.2, 0) is 20.8 Å². The van der Waals surface area contributed by atoms with Gasteiger partial charge in [0.15, 0.2) is 17.3 Å². The highest BCUT2D eigenvalue weighted by atomic mass is 19.2. The first kappa shape index (κ1) is 35.0. The van der Waals surface area contributed by atoms with Crippen LogP contribution in [0.15, 0.2) is 78.1 Å². The van der Waals surface area contributed by atoms with Crippen LogP contribution in [0.4, 0.5) is 21.8 Å². The summed E-state index contributed by atoms with van der Waals surface area (Å²) in [4.78, 5) is 22.6. The van der Waals surface area contributed by atoms with Gasteiger partial charge in [0.05, 0.1) is 43.9 Å². The van der Waals surface area contributed by atoms with Crippen molar-refractivity contribution < 1.29 is 28.2 Å². The molecule has 7 rings (SSSR count). The van der Waals surface area contributed by atoms with Gasteiger partial charge in [0.25, 0.3) is 0 Å². The van der Waals surface area contributed by atoms with E-state index in [1.54, 1.807) is 37.8 Å². The Balaban J connectivity index is 1.14. The molecule has 0 aliphatic carbocycles. The SMILES string of the molecule is COc1cc(-c2cnc(N)c(-c3ccc(N(F)c4cn(CC5CCOCC5)cc(-c5ccc(C)cn5)c4=O)nn3)c2)ccc1OC[C@H]1COCCO1. The number of benzene rings is 1. The Hall–Kier alpha value is -5.44. The third-order valence-corrected chi connectivity index (χ3v) is 9.12. The molecule has 5 aromatic rings. The van der Waals surface area contributed by atoms with Crippen molar-refractivity contribution in [3.8, 4) is 45.1 Å². The summed E-state index contributed by atoms with van der Waals surface area (Å²) in [7, 11) is 1.57. The molecule has 4 aromatic heterocycles. The predicted molar refractivity (Wildman–Crippen MR) is 193 cm³/mol. The van der Waals surface area contributed by atoms with Crippen molar-refractivity contribution in [2.45, 2.75) is 32.4 Å². The van der Waals surface area contributed by atoms with E-state index in [4.69, 9.17) is 29.4 Å². The number of nitrogens with zero attached hydrogens (tertiary/aromatic N) is 6. The number of ether oxygens (including phenoxy) is 5. The zero-order valence-corrected chi connectivity index (χ0v) is 29.0. The van der Waals surface area contributed by atoms with Crippen LogP contribution >= 0.6 is 0 Å². The lowest BCUT2D eigenvalue weighted by Gasteiger charge is -2.24. The van der Waals surface area contributed by atoms with Gasteiger partial charge >= 0.3 is 0 Å². The summed E-state index contributed by atoms with van der Waals surface area (Å²) in [5, 5.41) is 8.71. The third-order valence-electron chi connectivity index (χ3n) is 9.12. The van der Waals surface area contributed by atoms with Gasteiger partial charge in [0, 0.05) is 55.7 Å². The monoisotopic (exact) mass is 709 g/mol. The molecule has 0 saturated carbocycles. The fraction of sp³-hybridized carbons (Fsp3) is 0.342. The van der Waals surface area contributed by atoms with Crippen molar-refractivity contribution in [2.75, 3.05) is 57.6 Å². The minimum absolute atomic E-state index is 0.152. The first-order valence-electron chi connectivity index (χ1n) is 17.2. The molecule has 14 heteroatoms. The summed E-state index contributed by atoms with van der Waals surface area (Å²) in [6.07, 6.45) is 8.19. The number of rotatable bonds is 11. The van der Waals surface area contributed by atoms with Gasteiger partial charge in [-0.15, -0.1) is 10.2 Å². The number of aryl methyl sites for hydroxylation is 1. The largest absolute Gasteiger partial charge is 0.493 e.